The van der Waals surface area contributed by atoms with Crippen LogP contribution in [0, 0.1) is 0 Å². The lowest BCUT2D eigenvalue weighted by molar-refractivity contribution is -0.111. The van der Waals surface area contributed by atoms with E-state index in [4.69, 9.17) is 11.6 Å². The number of hydrogen-bond donors (Lipinski definition) is 0. The highest BCUT2D eigenvalue weighted by atomic mass is 79.9. The lowest BCUT2D eigenvalue weighted by Crippen LogP contribution is -2.10. The van der Waals surface area contributed by atoms with E-state index in [2.05, 4.69) is 31.9 Å². The zero-order valence-corrected chi connectivity index (χ0v) is 10.6. The second-order valence-corrected chi connectivity index (χ2v) is 5.00. The minimum Gasteiger partial charge on any atom is -0.280 e. The van der Waals surface area contributed by atoms with Crippen LogP contribution >= 0.6 is 43.5 Å². The largest absolute Gasteiger partial charge is 0.280 e. The van der Waals surface area contributed by atoms with Crippen molar-refractivity contribution in [1.82, 2.24) is 0 Å². The van der Waals surface area contributed by atoms with Gasteiger partial charge in [-0.3, -0.25) is 4.79 Å². The molecule has 0 radical (unpaired) electrons. The van der Waals surface area contributed by atoms with Crippen molar-refractivity contribution in [3.05, 3.63) is 34.3 Å². The van der Waals surface area contributed by atoms with Crippen molar-refractivity contribution in [3.8, 4) is 0 Å². The summed E-state index contributed by atoms with van der Waals surface area (Å²) in [5.41, 5.74) is 1.08. The molecule has 0 saturated heterocycles. The molecule has 4 heteroatoms. The second kappa shape index (κ2) is 5.13. The predicted molar refractivity (Wildman–Crippen MR) is 61.4 cm³/mol. The van der Waals surface area contributed by atoms with Crippen LogP contribution in [-0.4, -0.2) is 10.1 Å². The van der Waals surface area contributed by atoms with Gasteiger partial charge in [-0.05, 0) is 35.7 Å². The smallest absolute Gasteiger partial charge is 0.235 e. The predicted octanol–water partition coefficient (Wildman–Crippen LogP) is 3.52. The summed E-state index contributed by atoms with van der Waals surface area (Å²) in [6.45, 7) is 0. The van der Waals surface area contributed by atoms with Crippen molar-refractivity contribution in [2.45, 2.75) is 11.2 Å². The van der Waals surface area contributed by atoms with Crippen molar-refractivity contribution in [2.24, 2.45) is 0 Å². The van der Waals surface area contributed by atoms with E-state index in [0.29, 0.717) is 6.42 Å². The van der Waals surface area contributed by atoms with Crippen molar-refractivity contribution >= 4 is 48.7 Å². The first-order valence-corrected chi connectivity index (χ1v) is 5.76. The van der Waals surface area contributed by atoms with E-state index in [0.717, 1.165) is 10.0 Å². The van der Waals surface area contributed by atoms with Gasteiger partial charge in [0.1, 0.15) is 0 Å². The van der Waals surface area contributed by atoms with Crippen LogP contribution in [0.4, 0.5) is 0 Å². The summed E-state index contributed by atoms with van der Waals surface area (Å²) in [5, 5.41) is -0.358. The number of benzene rings is 1. The molecule has 1 aromatic carbocycles. The maximum Gasteiger partial charge on any atom is 0.235 e. The zero-order valence-electron chi connectivity index (χ0n) is 6.64. The maximum atomic E-state index is 10.7. The van der Waals surface area contributed by atoms with Gasteiger partial charge in [0.2, 0.25) is 5.24 Å². The van der Waals surface area contributed by atoms with Gasteiger partial charge in [0, 0.05) is 4.47 Å². The highest BCUT2D eigenvalue weighted by Crippen LogP contribution is 2.15. The van der Waals surface area contributed by atoms with E-state index in [1.165, 1.54) is 0 Å². The summed E-state index contributed by atoms with van der Waals surface area (Å²) in [6, 6.07) is 7.79. The molecule has 1 nitrogen and oxygen atoms in total. The first-order chi connectivity index (χ1) is 6.09. The first kappa shape index (κ1) is 11.2. The molecule has 1 atom stereocenters. The summed E-state index contributed by atoms with van der Waals surface area (Å²) in [5.74, 6) is 0. The summed E-state index contributed by atoms with van der Waals surface area (Å²) in [4.78, 5) is 10.4. The lowest BCUT2D eigenvalue weighted by Gasteiger charge is -2.04. The van der Waals surface area contributed by atoms with Crippen molar-refractivity contribution in [3.63, 3.8) is 0 Å². The second-order valence-electron chi connectivity index (χ2n) is 2.60. The normalized spacial score (nSPS) is 12.5. The Hall–Kier alpha value is 0.140. The lowest BCUT2D eigenvalue weighted by atomic mass is 10.1. The molecular formula is C9H7Br2ClO. The van der Waals surface area contributed by atoms with Gasteiger partial charge >= 0.3 is 0 Å². The van der Waals surface area contributed by atoms with Crippen LogP contribution in [-0.2, 0) is 11.2 Å². The van der Waals surface area contributed by atoms with Gasteiger partial charge in [-0.15, -0.1) is 0 Å². The number of halogens is 3. The van der Waals surface area contributed by atoms with Gasteiger partial charge in [0.05, 0.1) is 4.83 Å². The van der Waals surface area contributed by atoms with Crippen LogP contribution in [0.25, 0.3) is 0 Å². The van der Waals surface area contributed by atoms with Crippen LogP contribution in [0.3, 0.4) is 0 Å². The molecule has 0 aliphatic carbocycles. The highest BCUT2D eigenvalue weighted by molar-refractivity contribution is 9.10. The fourth-order valence-corrected chi connectivity index (χ4v) is 1.62. The van der Waals surface area contributed by atoms with E-state index in [9.17, 15) is 4.79 Å². The Morgan fingerprint density at radius 1 is 1.38 bits per heavy atom. The molecule has 1 aromatic rings. The molecule has 13 heavy (non-hydrogen) atoms. The minimum absolute atomic E-state index is 0.296. The summed E-state index contributed by atoms with van der Waals surface area (Å²) < 4.78 is 1.03. The third kappa shape index (κ3) is 3.79. The molecule has 0 aliphatic heterocycles. The van der Waals surface area contributed by atoms with Crippen LogP contribution in [0.1, 0.15) is 5.56 Å². The van der Waals surface area contributed by atoms with Gasteiger partial charge in [-0.1, -0.05) is 44.0 Å². The Bertz CT molecular complexity index is 297. The molecule has 0 aliphatic rings. The van der Waals surface area contributed by atoms with Gasteiger partial charge in [0.25, 0.3) is 0 Å². The molecule has 70 valence electrons. The number of hydrogen-bond acceptors (Lipinski definition) is 1. The Balaban J connectivity index is 2.64. The van der Waals surface area contributed by atoms with E-state index >= 15 is 0 Å². The number of carbonyl (C=O) groups excluding carboxylic acids is 1. The topological polar surface area (TPSA) is 17.1 Å². The van der Waals surface area contributed by atoms with E-state index in [1.807, 2.05) is 24.3 Å². The molecule has 0 saturated carbocycles. The number of carbonyl (C=O) groups is 1. The minimum atomic E-state index is -0.358. The van der Waals surface area contributed by atoms with Crippen LogP contribution in [0.15, 0.2) is 28.7 Å². The molecule has 0 heterocycles. The number of rotatable bonds is 3. The van der Waals surface area contributed by atoms with Gasteiger partial charge in [-0.25, -0.2) is 0 Å². The van der Waals surface area contributed by atoms with Gasteiger partial charge in [0.15, 0.2) is 0 Å². The average Bonchev–Trinajstić information content (AvgIpc) is 2.08. The monoisotopic (exact) mass is 324 g/mol. The Labute approximate surface area is 98.7 Å². The highest BCUT2D eigenvalue weighted by Gasteiger charge is 2.11. The molecule has 1 unspecified atom stereocenters. The van der Waals surface area contributed by atoms with E-state index < -0.39 is 0 Å². The van der Waals surface area contributed by atoms with Crippen molar-refractivity contribution in [2.75, 3.05) is 0 Å². The Morgan fingerprint density at radius 2 is 1.92 bits per heavy atom. The Kier molecular flexibility index (Phi) is 4.42. The third-order valence-corrected chi connectivity index (χ3v) is 3.37. The van der Waals surface area contributed by atoms with Crippen molar-refractivity contribution in [1.29, 1.82) is 0 Å². The number of alkyl halides is 1. The molecule has 0 bridgehead atoms. The van der Waals surface area contributed by atoms with Crippen LogP contribution in [0.5, 0.6) is 0 Å². The SMILES string of the molecule is O=C(Cl)C(Br)Cc1ccc(Br)cc1. The molecule has 0 amide bonds. The van der Waals surface area contributed by atoms with Crippen molar-refractivity contribution < 1.29 is 4.79 Å². The zero-order chi connectivity index (χ0) is 9.84. The fourth-order valence-electron chi connectivity index (χ4n) is 0.908. The standard InChI is InChI=1S/C9H7Br2ClO/c10-7-3-1-6(2-4-7)5-8(11)9(12)13/h1-4,8H,5H2. The fraction of sp³-hybridized carbons (Fsp3) is 0.222. The molecular weight excluding hydrogens is 319 g/mol. The summed E-state index contributed by atoms with van der Waals surface area (Å²) in [6.07, 6.45) is 0.621. The third-order valence-electron chi connectivity index (χ3n) is 1.57. The molecule has 1 rings (SSSR count). The molecule has 0 fully saturated rings. The molecule has 0 N–H and O–H groups in total. The van der Waals surface area contributed by atoms with E-state index in [1.54, 1.807) is 0 Å². The van der Waals surface area contributed by atoms with Gasteiger partial charge < -0.3 is 0 Å². The molecule has 0 aromatic heterocycles. The quantitative estimate of drug-likeness (QED) is 0.613. The van der Waals surface area contributed by atoms with Crippen LogP contribution in [0.2, 0.25) is 0 Å². The Morgan fingerprint density at radius 3 is 2.38 bits per heavy atom. The molecule has 0 spiro atoms. The summed E-state index contributed by atoms with van der Waals surface area (Å²) in [7, 11) is 0. The first-order valence-electron chi connectivity index (χ1n) is 3.67. The maximum absolute atomic E-state index is 10.7. The van der Waals surface area contributed by atoms with Crippen LogP contribution < -0.4 is 0 Å². The van der Waals surface area contributed by atoms with Gasteiger partial charge in [-0.2, -0.15) is 0 Å². The summed E-state index contributed by atoms with van der Waals surface area (Å²) >= 11 is 11.9. The average molecular weight is 326 g/mol. The van der Waals surface area contributed by atoms with E-state index in [-0.39, 0.29) is 10.1 Å².